The topological polar surface area (TPSA) is 37.8 Å². The monoisotopic (exact) mass is 219 g/mol. The molecule has 1 heterocycles. The highest BCUT2D eigenvalue weighted by atomic mass is 19.4. The molecule has 1 rings (SSSR count). The van der Waals surface area contributed by atoms with Crippen molar-refractivity contribution in [2.45, 2.75) is 25.9 Å². The molecular formula is C9H12F3N3. The second-order valence-electron chi connectivity index (χ2n) is 3.43. The van der Waals surface area contributed by atoms with Crippen molar-refractivity contribution in [3.8, 4) is 0 Å². The number of rotatable bonds is 3. The molecule has 6 heteroatoms. The fourth-order valence-corrected chi connectivity index (χ4v) is 0.959. The Hall–Kier alpha value is -1.33. The Morgan fingerprint density at radius 2 is 2.07 bits per heavy atom. The molecule has 0 saturated heterocycles. The van der Waals surface area contributed by atoms with Gasteiger partial charge in [0.15, 0.2) is 0 Å². The molecule has 0 radical (unpaired) electrons. The van der Waals surface area contributed by atoms with E-state index in [1.807, 2.05) is 13.8 Å². The van der Waals surface area contributed by atoms with E-state index in [2.05, 4.69) is 15.3 Å². The summed E-state index contributed by atoms with van der Waals surface area (Å²) in [7, 11) is 0. The third-order valence-electron chi connectivity index (χ3n) is 1.72. The predicted octanol–water partition coefficient (Wildman–Crippen LogP) is 2.57. The Morgan fingerprint density at radius 1 is 1.40 bits per heavy atom. The van der Waals surface area contributed by atoms with Gasteiger partial charge in [0.05, 0.1) is 0 Å². The number of nitrogens with one attached hydrogen (secondary N) is 1. The molecule has 0 bridgehead atoms. The number of aromatic nitrogens is 2. The van der Waals surface area contributed by atoms with Crippen molar-refractivity contribution < 1.29 is 13.2 Å². The van der Waals surface area contributed by atoms with E-state index in [0.717, 1.165) is 5.69 Å². The molecule has 0 unspecified atom stereocenters. The summed E-state index contributed by atoms with van der Waals surface area (Å²) in [6.45, 7) is 2.71. The van der Waals surface area contributed by atoms with Crippen LogP contribution in [0.2, 0.25) is 0 Å². The van der Waals surface area contributed by atoms with E-state index >= 15 is 0 Å². The van der Waals surface area contributed by atoms with Crippen LogP contribution in [0.5, 0.6) is 0 Å². The molecule has 0 aliphatic heterocycles. The molecule has 0 saturated carbocycles. The molecule has 0 aliphatic rings. The van der Waals surface area contributed by atoms with E-state index in [4.69, 9.17) is 0 Å². The standard InChI is InChI=1S/C9H12F3N3/c1-6(2)7-3-4-13-8(15-7)14-5-9(10,11)12/h3-4,6H,5H2,1-2H3,(H,13,14,15). The van der Waals surface area contributed by atoms with Gasteiger partial charge in [0.25, 0.3) is 0 Å². The molecule has 1 aromatic rings. The molecule has 0 fully saturated rings. The van der Waals surface area contributed by atoms with E-state index in [0.29, 0.717) is 0 Å². The molecule has 0 spiro atoms. The maximum Gasteiger partial charge on any atom is 0.405 e. The van der Waals surface area contributed by atoms with Crippen LogP contribution in [0.25, 0.3) is 0 Å². The first kappa shape index (κ1) is 11.7. The third-order valence-corrected chi connectivity index (χ3v) is 1.72. The zero-order valence-corrected chi connectivity index (χ0v) is 8.47. The van der Waals surface area contributed by atoms with Crippen LogP contribution in [-0.4, -0.2) is 22.7 Å². The maximum absolute atomic E-state index is 11.9. The summed E-state index contributed by atoms with van der Waals surface area (Å²) < 4.78 is 35.6. The molecule has 84 valence electrons. The summed E-state index contributed by atoms with van der Waals surface area (Å²) in [6.07, 6.45) is -2.81. The minimum absolute atomic E-state index is 0.0125. The summed E-state index contributed by atoms with van der Waals surface area (Å²) in [5.74, 6) is 0.179. The van der Waals surface area contributed by atoms with Gasteiger partial charge in [0, 0.05) is 11.9 Å². The Kier molecular flexibility index (Phi) is 3.49. The number of alkyl halides is 3. The lowest BCUT2D eigenvalue weighted by Crippen LogP contribution is -2.22. The molecule has 0 atom stereocenters. The van der Waals surface area contributed by atoms with Crippen molar-refractivity contribution in [2.75, 3.05) is 11.9 Å². The van der Waals surface area contributed by atoms with Crippen LogP contribution in [0.1, 0.15) is 25.5 Å². The normalized spacial score (nSPS) is 11.9. The first-order valence-electron chi connectivity index (χ1n) is 4.52. The SMILES string of the molecule is CC(C)c1ccnc(NCC(F)(F)F)n1. The lowest BCUT2D eigenvalue weighted by Gasteiger charge is -2.09. The molecular weight excluding hydrogens is 207 g/mol. The van der Waals surface area contributed by atoms with Crippen LogP contribution >= 0.6 is 0 Å². The van der Waals surface area contributed by atoms with Crippen LogP contribution in [-0.2, 0) is 0 Å². The second kappa shape index (κ2) is 4.46. The van der Waals surface area contributed by atoms with Crippen LogP contribution < -0.4 is 5.32 Å². The van der Waals surface area contributed by atoms with Gasteiger partial charge in [-0.1, -0.05) is 13.8 Å². The van der Waals surface area contributed by atoms with E-state index < -0.39 is 12.7 Å². The number of hydrogen-bond donors (Lipinski definition) is 1. The minimum atomic E-state index is -4.25. The average Bonchev–Trinajstić information content (AvgIpc) is 2.14. The van der Waals surface area contributed by atoms with Gasteiger partial charge in [-0.3, -0.25) is 0 Å². The van der Waals surface area contributed by atoms with Crippen molar-refractivity contribution in [1.82, 2.24) is 9.97 Å². The second-order valence-corrected chi connectivity index (χ2v) is 3.43. The smallest absolute Gasteiger partial charge is 0.345 e. The fraction of sp³-hybridized carbons (Fsp3) is 0.556. The Morgan fingerprint density at radius 3 is 2.60 bits per heavy atom. The molecule has 3 nitrogen and oxygen atoms in total. The molecule has 1 N–H and O–H groups in total. The van der Waals surface area contributed by atoms with Gasteiger partial charge in [-0.25, -0.2) is 9.97 Å². The Balaban J connectivity index is 2.66. The third kappa shape index (κ3) is 4.14. The molecule has 15 heavy (non-hydrogen) atoms. The van der Waals surface area contributed by atoms with Crippen molar-refractivity contribution >= 4 is 5.95 Å². The van der Waals surface area contributed by atoms with Crippen molar-refractivity contribution in [3.05, 3.63) is 18.0 Å². The van der Waals surface area contributed by atoms with Gasteiger partial charge in [-0.15, -0.1) is 0 Å². The van der Waals surface area contributed by atoms with Gasteiger partial charge in [-0.05, 0) is 12.0 Å². The average molecular weight is 219 g/mol. The molecule has 0 aliphatic carbocycles. The predicted molar refractivity (Wildman–Crippen MR) is 50.7 cm³/mol. The summed E-state index contributed by atoms with van der Waals surface area (Å²) in [5, 5.41) is 2.13. The highest BCUT2D eigenvalue weighted by molar-refractivity contribution is 5.26. The molecule has 0 amide bonds. The Bertz CT molecular complexity index is 323. The summed E-state index contributed by atoms with van der Waals surface area (Å²) in [5.41, 5.74) is 0.717. The van der Waals surface area contributed by atoms with E-state index in [1.54, 1.807) is 6.07 Å². The summed E-state index contributed by atoms with van der Waals surface area (Å²) in [4.78, 5) is 7.66. The van der Waals surface area contributed by atoms with Gasteiger partial charge >= 0.3 is 6.18 Å². The maximum atomic E-state index is 11.9. The largest absolute Gasteiger partial charge is 0.405 e. The van der Waals surface area contributed by atoms with Crippen LogP contribution in [0.15, 0.2) is 12.3 Å². The van der Waals surface area contributed by atoms with E-state index in [-0.39, 0.29) is 11.9 Å². The first-order chi connectivity index (χ1) is 6.88. The van der Waals surface area contributed by atoms with Crippen LogP contribution in [0, 0.1) is 0 Å². The van der Waals surface area contributed by atoms with Crippen LogP contribution in [0.4, 0.5) is 19.1 Å². The summed E-state index contributed by atoms with van der Waals surface area (Å²) >= 11 is 0. The number of halogens is 3. The first-order valence-corrected chi connectivity index (χ1v) is 4.52. The van der Waals surface area contributed by atoms with Crippen molar-refractivity contribution in [3.63, 3.8) is 0 Å². The zero-order valence-electron chi connectivity index (χ0n) is 8.47. The summed E-state index contributed by atoms with van der Waals surface area (Å²) in [6, 6.07) is 1.68. The highest BCUT2D eigenvalue weighted by Crippen LogP contribution is 2.16. The van der Waals surface area contributed by atoms with Crippen molar-refractivity contribution in [2.24, 2.45) is 0 Å². The van der Waals surface area contributed by atoms with Gasteiger partial charge in [-0.2, -0.15) is 13.2 Å². The minimum Gasteiger partial charge on any atom is -0.345 e. The number of hydrogen-bond acceptors (Lipinski definition) is 3. The van der Waals surface area contributed by atoms with Crippen molar-refractivity contribution in [1.29, 1.82) is 0 Å². The van der Waals surface area contributed by atoms with E-state index in [1.165, 1.54) is 6.20 Å². The highest BCUT2D eigenvalue weighted by Gasteiger charge is 2.27. The number of anilines is 1. The number of nitrogens with zero attached hydrogens (tertiary/aromatic N) is 2. The lowest BCUT2D eigenvalue weighted by atomic mass is 10.1. The van der Waals surface area contributed by atoms with Gasteiger partial charge < -0.3 is 5.32 Å². The quantitative estimate of drug-likeness (QED) is 0.849. The van der Waals surface area contributed by atoms with Gasteiger partial charge in [0.1, 0.15) is 6.54 Å². The molecule has 1 aromatic heterocycles. The van der Waals surface area contributed by atoms with Gasteiger partial charge in [0.2, 0.25) is 5.95 Å². The lowest BCUT2D eigenvalue weighted by molar-refractivity contribution is -0.115. The fourth-order valence-electron chi connectivity index (χ4n) is 0.959. The zero-order chi connectivity index (χ0) is 11.5. The Labute approximate surface area is 85.7 Å². The molecule has 0 aromatic carbocycles. The van der Waals surface area contributed by atoms with Crippen LogP contribution in [0.3, 0.4) is 0 Å². The van der Waals surface area contributed by atoms with E-state index in [9.17, 15) is 13.2 Å².